The summed E-state index contributed by atoms with van der Waals surface area (Å²) in [6, 6.07) is 14.2. The van der Waals surface area contributed by atoms with E-state index in [1.165, 1.54) is 6.42 Å². The first kappa shape index (κ1) is 28.4. The number of aromatic nitrogens is 3. The van der Waals surface area contributed by atoms with Crippen molar-refractivity contribution in [2.75, 3.05) is 37.7 Å². The fourth-order valence-corrected chi connectivity index (χ4v) is 7.56. The maximum absolute atomic E-state index is 13.1. The Balaban J connectivity index is 0.000000468. The minimum absolute atomic E-state index is 0.0225. The predicted molar refractivity (Wildman–Crippen MR) is 162 cm³/mol. The quantitative estimate of drug-likeness (QED) is 0.457. The number of anilines is 1. The molecule has 6 heterocycles. The first-order valence-electron chi connectivity index (χ1n) is 15.4. The maximum atomic E-state index is 13.1. The van der Waals surface area contributed by atoms with Crippen molar-refractivity contribution in [3.63, 3.8) is 0 Å². The van der Waals surface area contributed by atoms with E-state index in [4.69, 9.17) is 4.74 Å². The van der Waals surface area contributed by atoms with Gasteiger partial charge < -0.3 is 25.0 Å². The number of carboxylic acid groups (broad SMARTS) is 1. The minimum Gasteiger partial charge on any atom is -0.485 e. The number of aliphatic carboxylic acids is 1. The Hall–Kier alpha value is -4.41. The van der Waals surface area contributed by atoms with Gasteiger partial charge in [-0.1, -0.05) is 43.3 Å². The van der Waals surface area contributed by atoms with Crippen molar-refractivity contribution >= 4 is 29.1 Å². The van der Waals surface area contributed by atoms with E-state index >= 15 is 0 Å². The number of rotatable bonds is 5. The lowest BCUT2D eigenvalue weighted by atomic mass is 9.58. The highest BCUT2D eigenvalue weighted by molar-refractivity contribution is 5.92. The molecule has 1 spiro atoms. The standard InChI is InChI=1S/C27H32N6O5.C6H6/c1-15-3-4-31(10-15)19-5-16(2)22-29-21(30-33(22)11-19)23(34)28-18-8-26(9-18)12-32(13-26)25(37)27-6-17(7-27)20(24(35)36)38-14-27;1-2-4-6-5-3-1/h5,11,15,18H,3-4,6-10,12-14H2,1-2H3,(H,28,34)(H,35,36);1-6H. The number of carbonyl (C=O) groups is 3. The van der Waals surface area contributed by atoms with Gasteiger partial charge in [0.2, 0.25) is 17.5 Å². The molecule has 11 nitrogen and oxygen atoms in total. The number of amides is 2. The van der Waals surface area contributed by atoms with Crippen LogP contribution in [-0.4, -0.2) is 81.2 Å². The number of likely N-dealkylation sites (tertiary alicyclic amines) is 1. The smallest absolute Gasteiger partial charge is 0.371 e. The highest BCUT2D eigenvalue weighted by Gasteiger charge is 2.60. The van der Waals surface area contributed by atoms with Crippen LogP contribution in [-0.2, 0) is 14.3 Å². The topological polar surface area (TPSA) is 129 Å². The minimum atomic E-state index is -1.05. The molecule has 2 N–H and O–H groups in total. The molecule has 3 aromatic rings. The van der Waals surface area contributed by atoms with Crippen molar-refractivity contribution in [1.29, 1.82) is 0 Å². The number of nitrogens with one attached hydrogen (secondary N) is 1. The van der Waals surface area contributed by atoms with Crippen molar-refractivity contribution in [3.8, 4) is 0 Å². The summed E-state index contributed by atoms with van der Waals surface area (Å²) in [4.78, 5) is 46.0. The van der Waals surface area contributed by atoms with Gasteiger partial charge in [-0.15, -0.1) is 5.10 Å². The Morgan fingerprint density at radius 1 is 1.07 bits per heavy atom. The zero-order valence-electron chi connectivity index (χ0n) is 25.2. The summed E-state index contributed by atoms with van der Waals surface area (Å²) in [6.45, 7) is 7.80. The van der Waals surface area contributed by atoms with Gasteiger partial charge >= 0.3 is 5.97 Å². The molecule has 1 aromatic carbocycles. The van der Waals surface area contributed by atoms with Crippen LogP contribution in [0.25, 0.3) is 5.65 Å². The van der Waals surface area contributed by atoms with Gasteiger partial charge in [-0.25, -0.2) is 14.3 Å². The molecule has 9 rings (SSSR count). The molecular formula is C33H38N6O5. The number of ether oxygens (including phenoxy) is 1. The molecule has 2 bridgehead atoms. The van der Waals surface area contributed by atoms with Gasteiger partial charge in [0, 0.05) is 37.6 Å². The van der Waals surface area contributed by atoms with Crippen LogP contribution in [0.15, 0.2) is 60.0 Å². The highest BCUT2D eigenvalue weighted by Crippen LogP contribution is 2.55. The summed E-state index contributed by atoms with van der Waals surface area (Å²) in [7, 11) is 0. The molecule has 4 aliphatic heterocycles. The van der Waals surface area contributed by atoms with Crippen LogP contribution in [0.1, 0.15) is 55.2 Å². The molecule has 2 saturated heterocycles. The SMILES string of the molecule is Cc1cc(N2CCC(C)C2)cn2nc(C(=O)NC3CC4(C3)CN(C(=O)C35COC(C(=O)O)=C(C3)C5)C4)nc12.c1ccccc1. The van der Waals surface area contributed by atoms with Gasteiger partial charge in [-0.2, -0.15) is 0 Å². The second kappa shape index (κ2) is 10.6. The number of benzene rings is 1. The number of hydrogen-bond donors (Lipinski definition) is 2. The summed E-state index contributed by atoms with van der Waals surface area (Å²) < 4.78 is 7.09. The third-order valence-corrected chi connectivity index (χ3v) is 9.86. The van der Waals surface area contributed by atoms with Gasteiger partial charge in [-0.05, 0) is 62.1 Å². The highest BCUT2D eigenvalue weighted by atomic mass is 16.5. The molecule has 44 heavy (non-hydrogen) atoms. The van der Waals surface area contributed by atoms with E-state index in [1.807, 2.05) is 54.4 Å². The molecule has 0 radical (unpaired) electrons. The summed E-state index contributed by atoms with van der Waals surface area (Å²) in [5, 5.41) is 16.7. The van der Waals surface area contributed by atoms with Crippen LogP contribution in [0.4, 0.5) is 5.69 Å². The molecular weight excluding hydrogens is 560 g/mol. The molecule has 2 aromatic heterocycles. The second-order valence-electron chi connectivity index (χ2n) is 13.5. The fraction of sp³-hybridized carbons (Fsp3) is 0.485. The molecule has 2 amide bonds. The van der Waals surface area contributed by atoms with Gasteiger partial charge in [-0.3, -0.25) is 9.59 Å². The van der Waals surface area contributed by atoms with Crippen molar-refractivity contribution in [3.05, 3.63) is 71.4 Å². The lowest BCUT2D eigenvalue weighted by molar-refractivity contribution is -0.172. The largest absolute Gasteiger partial charge is 0.485 e. The van der Waals surface area contributed by atoms with Crippen LogP contribution in [0, 0.1) is 23.7 Å². The lowest BCUT2D eigenvalue weighted by Crippen LogP contribution is -2.70. The number of pyridine rings is 1. The molecule has 4 fully saturated rings. The first-order valence-corrected chi connectivity index (χ1v) is 15.4. The normalized spacial score (nSPS) is 22.7. The summed E-state index contributed by atoms with van der Waals surface area (Å²) >= 11 is 0. The Morgan fingerprint density at radius 2 is 1.75 bits per heavy atom. The molecule has 6 aliphatic rings. The van der Waals surface area contributed by atoms with Crippen LogP contribution in [0.2, 0.25) is 0 Å². The van der Waals surface area contributed by atoms with Crippen LogP contribution in [0.5, 0.6) is 0 Å². The molecule has 1 unspecified atom stereocenters. The van der Waals surface area contributed by atoms with E-state index in [-0.39, 0.29) is 41.5 Å². The summed E-state index contributed by atoms with van der Waals surface area (Å²) in [6.07, 6.45) is 5.76. The van der Waals surface area contributed by atoms with E-state index in [1.54, 1.807) is 4.52 Å². The number of carbonyl (C=O) groups excluding carboxylic acids is 2. The zero-order valence-corrected chi connectivity index (χ0v) is 25.2. The Kier molecular flexibility index (Phi) is 6.86. The van der Waals surface area contributed by atoms with E-state index in [9.17, 15) is 19.5 Å². The van der Waals surface area contributed by atoms with E-state index in [0.717, 1.165) is 42.8 Å². The molecule has 2 saturated carbocycles. The third kappa shape index (κ3) is 4.97. The fourth-order valence-electron chi connectivity index (χ4n) is 7.56. The first-order chi connectivity index (χ1) is 21.1. The van der Waals surface area contributed by atoms with Gasteiger partial charge in [0.25, 0.3) is 5.91 Å². The Labute approximate surface area is 255 Å². The number of allylic oxidation sites excluding steroid dienone is 1. The van der Waals surface area contributed by atoms with Gasteiger partial charge in [0.15, 0.2) is 5.65 Å². The lowest BCUT2D eigenvalue weighted by Gasteiger charge is -2.61. The van der Waals surface area contributed by atoms with E-state index in [2.05, 4.69) is 33.3 Å². The number of hydrogen-bond acceptors (Lipinski definition) is 7. The van der Waals surface area contributed by atoms with Crippen LogP contribution < -0.4 is 10.2 Å². The number of nitrogens with zero attached hydrogens (tertiary/aromatic N) is 5. The monoisotopic (exact) mass is 598 g/mol. The van der Waals surface area contributed by atoms with Crippen molar-refractivity contribution < 1.29 is 24.2 Å². The summed E-state index contributed by atoms with van der Waals surface area (Å²) in [5.41, 5.74) is 2.99. The number of carboxylic acids is 1. The molecule has 2 aliphatic carbocycles. The van der Waals surface area contributed by atoms with Gasteiger partial charge in [0.1, 0.15) is 6.61 Å². The number of fused-ring (bicyclic) bond motifs is 3. The average Bonchev–Trinajstić information content (AvgIpc) is 3.61. The van der Waals surface area contributed by atoms with E-state index in [0.29, 0.717) is 37.5 Å². The maximum Gasteiger partial charge on any atom is 0.371 e. The van der Waals surface area contributed by atoms with Crippen molar-refractivity contribution in [1.82, 2.24) is 24.8 Å². The predicted octanol–water partition coefficient (Wildman–Crippen LogP) is 3.44. The third-order valence-electron chi connectivity index (χ3n) is 9.86. The second-order valence-corrected chi connectivity index (χ2v) is 13.5. The summed E-state index contributed by atoms with van der Waals surface area (Å²) in [5.74, 6) is -0.382. The molecule has 230 valence electrons. The van der Waals surface area contributed by atoms with E-state index < -0.39 is 11.4 Å². The van der Waals surface area contributed by atoms with Crippen molar-refractivity contribution in [2.24, 2.45) is 16.7 Å². The average molecular weight is 599 g/mol. The Morgan fingerprint density at radius 3 is 2.32 bits per heavy atom. The van der Waals surface area contributed by atoms with Crippen LogP contribution >= 0.6 is 0 Å². The van der Waals surface area contributed by atoms with Crippen LogP contribution in [0.3, 0.4) is 0 Å². The van der Waals surface area contributed by atoms with Gasteiger partial charge in [0.05, 0.1) is 17.3 Å². The van der Waals surface area contributed by atoms with Crippen molar-refractivity contribution in [2.45, 2.75) is 52.0 Å². The molecule has 11 heteroatoms. The number of aryl methyl sites for hydroxylation is 1. The molecule has 1 atom stereocenters. The zero-order chi connectivity index (χ0) is 30.6. The Bertz CT molecular complexity index is 1620.